The van der Waals surface area contributed by atoms with Crippen LogP contribution < -0.4 is 4.90 Å². The number of rotatable bonds is 5. The number of hydrogen-bond donors (Lipinski definition) is 0. The van der Waals surface area contributed by atoms with Gasteiger partial charge in [-0.25, -0.2) is 0 Å². The van der Waals surface area contributed by atoms with Crippen molar-refractivity contribution in [2.75, 3.05) is 31.1 Å². The summed E-state index contributed by atoms with van der Waals surface area (Å²) in [6.07, 6.45) is 2.17. The predicted molar refractivity (Wildman–Crippen MR) is 110 cm³/mol. The van der Waals surface area contributed by atoms with Gasteiger partial charge in [0.25, 0.3) is 0 Å². The molecule has 0 unspecified atom stereocenters. The molecule has 2 aromatic carbocycles. The van der Waals surface area contributed by atoms with Crippen LogP contribution in [0.15, 0.2) is 59.1 Å². The lowest BCUT2D eigenvalue weighted by Crippen LogP contribution is -2.46. The standard InChI is InChI=1S/C22H23ClN4O/c23-19-9-5-4-6-17(19)16-26-12-14-27(15-13-26)21-24-20(25-28-21)22(10-11-22)18-7-2-1-3-8-18/h1-9H,10-16H2. The van der Waals surface area contributed by atoms with E-state index in [0.29, 0.717) is 6.01 Å². The molecule has 2 aliphatic rings. The molecule has 0 N–H and O–H groups in total. The highest BCUT2D eigenvalue weighted by atomic mass is 35.5. The molecule has 2 fully saturated rings. The molecular weight excluding hydrogens is 372 g/mol. The first-order chi connectivity index (χ1) is 13.7. The lowest BCUT2D eigenvalue weighted by molar-refractivity contribution is 0.242. The van der Waals surface area contributed by atoms with Crippen LogP contribution in [0.4, 0.5) is 6.01 Å². The van der Waals surface area contributed by atoms with Crippen molar-refractivity contribution in [3.63, 3.8) is 0 Å². The van der Waals surface area contributed by atoms with Gasteiger partial charge in [-0.3, -0.25) is 4.90 Å². The summed E-state index contributed by atoms with van der Waals surface area (Å²) in [7, 11) is 0. The Labute approximate surface area is 169 Å². The van der Waals surface area contributed by atoms with Gasteiger partial charge in [-0.15, -0.1) is 0 Å². The van der Waals surface area contributed by atoms with Gasteiger partial charge < -0.3 is 9.42 Å². The average Bonchev–Trinajstić information content (AvgIpc) is 3.41. The summed E-state index contributed by atoms with van der Waals surface area (Å²) < 4.78 is 5.65. The zero-order chi connectivity index (χ0) is 19.0. The van der Waals surface area contributed by atoms with E-state index in [1.807, 2.05) is 24.3 Å². The highest BCUT2D eigenvalue weighted by molar-refractivity contribution is 6.31. The van der Waals surface area contributed by atoms with Crippen molar-refractivity contribution in [3.8, 4) is 0 Å². The van der Waals surface area contributed by atoms with Crippen molar-refractivity contribution in [2.24, 2.45) is 0 Å². The van der Waals surface area contributed by atoms with Crippen LogP contribution in [0.25, 0.3) is 0 Å². The molecule has 1 aliphatic heterocycles. The molecule has 0 bridgehead atoms. The minimum Gasteiger partial charge on any atom is -0.322 e. The maximum Gasteiger partial charge on any atom is 0.324 e. The molecule has 5 rings (SSSR count). The monoisotopic (exact) mass is 394 g/mol. The first kappa shape index (κ1) is 17.7. The first-order valence-electron chi connectivity index (χ1n) is 9.85. The van der Waals surface area contributed by atoms with Crippen molar-refractivity contribution in [2.45, 2.75) is 24.8 Å². The summed E-state index contributed by atoms with van der Waals surface area (Å²) in [4.78, 5) is 9.39. The Morgan fingerprint density at radius 3 is 2.36 bits per heavy atom. The van der Waals surface area contributed by atoms with E-state index >= 15 is 0 Å². The molecule has 0 radical (unpaired) electrons. The Morgan fingerprint density at radius 2 is 1.64 bits per heavy atom. The molecule has 2 heterocycles. The minimum atomic E-state index is -0.0467. The normalized spacial score (nSPS) is 19.0. The summed E-state index contributed by atoms with van der Waals surface area (Å²) in [5, 5.41) is 5.18. The Hall–Kier alpha value is -2.37. The van der Waals surface area contributed by atoms with Crippen LogP contribution >= 0.6 is 11.6 Å². The van der Waals surface area contributed by atoms with E-state index in [9.17, 15) is 0 Å². The van der Waals surface area contributed by atoms with Crippen LogP contribution in [0.5, 0.6) is 0 Å². The van der Waals surface area contributed by atoms with Crippen LogP contribution in [-0.4, -0.2) is 41.2 Å². The second-order valence-corrected chi connectivity index (χ2v) is 8.11. The van der Waals surface area contributed by atoms with Crippen molar-refractivity contribution < 1.29 is 4.52 Å². The van der Waals surface area contributed by atoms with Gasteiger partial charge in [-0.05, 0) is 30.0 Å². The molecule has 0 spiro atoms. The van der Waals surface area contributed by atoms with E-state index in [0.717, 1.165) is 56.4 Å². The van der Waals surface area contributed by atoms with Crippen molar-refractivity contribution in [1.82, 2.24) is 15.0 Å². The summed E-state index contributed by atoms with van der Waals surface area (Å²) in [6.45, 7) is 4.54. The zero-order valence-electron chi connectivity index (χ0n) is 15.7. The van der Waals surface area contributed by atoms with Crippen LogP contribution in [0, 0.1) is 0 Å². The van der Waals surface area contributed by atoms with Gasteiger partial charge in [0, 0.05) is 37.7 Å². The second kappa shape index (κ2) is 7.22. The number of anilines is 1. The average molecular weight is 395 g/mol. The van der Waals surface area contributed by atoms with Crippen LogP contribution in [-0.2, 0) is 12.0 Å². The fraction of sp³-hybridized carbons (Fsp3) is 0.364. The van der Waals surface area contributed by atoms with E-state index < -0.39 is 0 Å². The molecule has 6 heteroatoms. The van der Waals surface area contributed by atoms with Gasteiger partial charge in [0.15, 0.2) is 5.82 Å². The van der Waals surface area contributed by atoms with Crippen molar-refractivity contribution in [1.29, 1.82) is 0 Å². The fourth-order valence-corrected chi connectivity index (χ4v) is 4.22. The molecule has 144 valence electrons. The predicted octanol–water partition coefficient (Wildman–Crippen LogP) is 4.13. The fourth-order valence-electron chi connectivity index (χ4n) is 4.03. The molecule has 28 heavy (non-hydrogen) atoms. The summed E-state index contributed by atoms with van der Waals surface area (Å²) in [6, 6.07) is 19.2. The molecule has 0 amide bonds. The minimum absolute atomic E-state index is 0.0467. The Bertz CT molecular complexity index is 946. The molecular formula is C22H23ClN4O. The van der Waals surface area contributed by atoms with Crippen LogP contribution in [0.3, 0.4) is 0 Å². The number of benzene rings is 2. The highest BCUT2D eigenvalue weighted by Crippen LogP contribution is 2.52. The Morgan fingerprint density at radius 1 is 0.929 bits per heavy atom. The molecule has 1 aromatic heterocycles. The van der Waals surface area contributed by atoms with Gasteiger partial charge >= 0.3 is 6.01 Å². The lowest BCUT2D eigenvalue weighted by Gasteiger charge is -2.33. The number of halogens is 1. The lowest BCUT2D eigenvalue weighted by atomic mass is 9.95. The van der Waals surface area contributed by atoms with E-state index in [4.69, 9.17) is 21.1 Å². The molecule has 0 atom stereocenters. The van der Waals surface area contributed by atoms with E-state index in [2.05, 4.69) is 45.3 Å². The molecule has 3 aromatic rings. The van der Waals surface area contributed by atoms with E-state index in [1.165, 1.54) is 11.1 Å². The number of hydrogen-bond acceptors (Lipinski definition) is 5. The maximum atomic E-state index is 6.30. The molecule has 1 saturated carbocycles. The largest absolute Gasteiger partial charge is 0.324 e. The zero-order valence-corrected chi connectivity index (χ0v) is 16.5. The quantitative estimate of drug-likeness (QED) is 0.651. The summed E-state index contributed by atoms with van der Waals surface area (Å²) in [5.74, 6) is 0.826. The highest BCUT2D eigenvalue weighted by Gasteiger charge is 2.50. The topological polar surface area (TPSA) is 45.4 Å². The van der Waals surface area contributed by atoms with Gasteiger partial charge in [-0.1, -0.05) is 65.3 Å². The summed E-state index contributed by atoms with van der Waals surface area (Å²) >= 11 is 6.30. The van der Waals surface area contributed by atoms with Crippen molar-refractivity contribution in [3.05, 3.63) is 76.6 Å². The van der Waals surface area contributed by atoms with Gasteiger partial charge in [0.2, 0.25) is 0 Å². The third kappa shape index (κ3) is 3.29. The first-order valence-corrected chi connectivity index (χ1v) is 10.2. The Kier molecular flexibility index (Phi) is 4.57. The second-order valence-electron chi connectivity index (χ2n) is 7.70. The number of piperazine rings is 1. The van der Waals surface area contributed by atoms with Crippen LogP contribution in [0.2, 0.25) is 5.02 Å². The SMILES string of the molecule is Clc1ccccc1CN1CCN(c2nc(C3(c4ccccc4)CC3)no2)CC1. The molecule has 1 saturated heterocycles. The molecule has 5 nitrogen and oxygen atoms in total. The number of aromatic nitrogens is 2. The van der Waals surface area contributed by atoms with E-state index in [-0.39, 0.29) is 5.41 Å². The van der Waals surface area contributed by atoms with Gasteiger partial charge in [-0.2, -0.15) is 4.98 Å². The Balaban J connectivity index is 1.24. The van der Waals surface area contributed by atoms with Gasteiger partial charge in [0.05, 0.1) is 5.41 Å². The van der Waals surface area contributed by atoms with Gasteiger partial charge in [0.1, 0.15) is 0 Å². The van der Waals surface area contributed by atoms with Crippen molar-refractivity contribution >= 4 is 17.6 Å². The third-order valence-electron chi connectivity index (χ3n) is 5.91. The smallest absolute Gasteiger partial charge is 0.322 e. The maximum absolute atomic E-state index is 6.30. The third-order valence-corrected chi connectivity index (χ3v) is 6.28. The number of nitrogens with zero attached hydrogens (tertiary/aromatic N) is 4. The molecule has 1 aliphatic carbocycles. The van der Waals surface area contributed by atoms with Crippen LogP contribution in [0.1, 0.15) is 29.8 Å². The van der Waals surface area contributed by atoms with E-state index in [1.54, 1.807) is 0 Å². The summed E-state index contributed by atoms with van der Waals surface area (Å²) in [5.41, 5.74) is 2.41.